The van der Waals surface area contributed by atoms with Crippen LogP contribution in [0.4, 0.5) is 5.69 Å². The number of carbonyl (C=O) groups excluding carboxylic acids is 1. The summed E-state index contributed by atoms with van der Waals surface area (Å²) in [7, 11) is 1.65. The number of hydrogen-bond acceptors (Lipinski definition) is 2. The van der Waals surface area contributed by atoms with Gasteiger partial charge in [0.15, 0.2) is 0 Å². The maximum Gasteiger partial charge on any atom is 0.259 e. The van der Waals surface area contributed by atoms with E-state index in [2.05, 4.69) is 20.8 Å². The van der Waals surface area contributed by atoms with Crippen LogP contribution in [0.3, 0.4) is 0 Å². The van der Waals surface area contributed by atoms with E-state index in [1.807, 2.05) is 60.4 Å². The van der Waals surface area contributed by atoms with E-state index >= 15 is 0 Å². The van der Waals surface area contributed by atoms with Gasteiger partial charge in [-0.1, -0.05) is 32.0 Å². The Hall–Kier alpha value is -2.29. The van der Waals surface area contributed by atoms with Gasteiger partial charge >= 0.3 is 0 Å². The van der Waals surface area contributed by atoms with E-state index in [0.717, 1.165) is 35.4 Å². The zero-order valence-electron chi connectivity index (χ0n) is 15.3. The molecule has 128 valence electrons. The third kappa shape index (κ3) is 3.45. The summed E-state index contributed by atoms with van der Waals surface area (Å²) in [5.41, 5.74) is 2.40. The van der Waals surface area contributed by atoms with Gasteiger partial charge in [-0.05, 0) is 62.6 Å². The molecular weight excluding hydrogens is 298 g/mol. The van der Waals surface area contributed by atoms with Gasteiger partial charge in [0.25, 0.3) is 5.91 Å². The molecule has 0 saturated carbocycles. The SMILES string of the molecule is CCC(C)(CC)N(C(=O)c1ccccc1C)c1ccc(OC)cc1. The van der Waals surface area contributed by atoms with Gasteiger partial charge in [0.05, 0.1) is 7.11 Å². The molecule has 0 heterocycles. The van der Waals surface area contributed by atoms with Crippen LogP contribution in [0.5, 0.6) is 5.75 Å². The highest BCUT2D eigenvalue weighted by Crippen LogP contribution is 2.33. The van der Waals surface area contributed by atoms with E-state index in [4.69, 9.17) is 4.74 Å². The molecule has 0 spiro atoms. The Morgan fingerprint density at radius 2 is 1.62 bits per heavy atom. The quantitative estimate of drug-likeness (QED) is 0.728. The highest BCUT2D eigenvalue weighted by Gasteiger charge is 2.34. The Kier molecular flexibility index (Phi) is 5.66. The minimum Gasteiger partial charge on any atom is -0.497 e. The fourth-order valence-electron chi connectivity index (χ4n) is 2.90. The molecule has 0 aliphatic heterocycles. The minimum atomic E-state index is -0.242. The van der Waals surface area contributed by atoms with E-state index in [1.165, 1.54) is 0 Å². The molecule has 0 aromatic heterocycles. The second kappa shape index (κ2) is 7.52. The number of rotatable bonds is 6. The summed E-state index contributed by atoms with van der Waals surface area (Å²) in [6, 6.07) is 15.5. The topological polar surface area (TPSA) is 29.5 Å². The molecule has 3 nitrogen and oxygen atoms in total. The van der Waals surface area contributed by atoms with Crippen molar-refractivity contribution in [3.63, 3.8) is 0 Å². The van der Waals surface area contributed by atoms with Crippen LogP contribution in [0.1, 0.15) is 49.5 Å². The molecular formula is C21H27NO2. The lowest BCUT2D eigenvalue weighted by atomic mass is 9.91. The van der Waals surface area contributed by atoms with E-state index in [9.17, 15) is 4.79 Å². The fraction of sp³-hybridized carbons (Fsp3) is 0.381. The number of methoxy groups -OCH3 is 1. The van der Waals surface area contributed by atoms with Gasteiger partial charge in [0.1, 0.15) is 5.75 Å². The van der Waals surface area contributed by atoms with Crippen molar-refractivity contribution < 1.29 is 9.53 Å². The van der Waals surface area contributed by atoms with Crippen LogP contribution in [0.25, 0.3) is 0 Å². The smallest absolute Gasteiger partial charge is 0.259 e. The van der Waals surface area contributed by atoms with Crippen LogP contribution in [0.2, 0.25) is 0 Å². The molecule has 0 atom stereocenters. The van der Waals surface area contributed by atoms with Gasteiger partial charge in [-0.25, -0.2) is 0 Å². The average Bonchev–Trinajstić information content (AvgIpc) is 2.62. The predicted octanol–water partition coefficient (Wildman–Crippen LogP) is 5.23. The van der Waals surface area contributed by atoms with Crippen molar-refractivity contribution >= 4 is 11.6 Å². The van der Waals surface area contributed by atoms with Crippen molar-refractivity contribution in [1.29, 1.82) is 0 Å². The van der Waals surface area contributed by atoms with Gasteiger partial charge in [0.2, 0.25) is 0 Å². The van der Waals surface area contributed by atoms with Crippen LogP contribution >= 0.6 is 0 Å². The zero-order chi connectivity index (χ0) is 17.7. The minimum absolute atomic E-state index is 0.0458. The van der Waals surface area contributed by atoms with Crippen molar-refractivity contribution in [2.24, 2.45) is 0 Å². The maximum absolute atomic E-state index is 13.4. The summed E-state index contributed by atoms with van der Waals surface area (Å²) in [5, 5.41) is 0. The molecule has 0 unspecified atom stereocenters. The summed E-state index contributed by atoms with van der Waals surface area (Å²) in [6.45, 7) is 8.39. The molecule has 2 aromatic carbocycles. The second-order valence-corrected chi connectivity index (χ2v) is 6.36. The molecule has 0 radical (unpaired) electrons. The number of ether oxygens (including phenoxy) is 1. The Morgan fingerprint density at radius 3 is 2.12 bits per heavy atom. The van der Waals surface area contributed by atoms with Gasteiger partial charge in [-0.2, -0.15) is 0 Å². The highest BCUT2D eigenvalue weighted by atomic mass is 16.5. The lowest BCUT2D eigenvalue weighted by Crippen LogP contribution is -2.49. The average molecular weight is 325 g/mol. The first-order chi connectivity index (χ1) is 11.5. The Morgan fingerprint density at radius 1 is 1.04 bits per heavy atom. The van der Waals surface area contributed by atoms with Crippen molar-refractivity contribution in [2.45, 2.75) is 46.1 Å². The van der Waals surface area contributed by atoms with E-state index in [-0.39, 0.29) is 11.4 Å². The molecule has 2 aromatic rings. The largest absolute Gasteiger partial charge is 0.497 e. The van der Waals surface area contributed by atoms with Crippen molar-refractivity contribution in [3.8, 4) is 5.75 Å². The molecule has 0 N–H and O–H groups in total. The lowest BCUT2D eigenvalue weighted by molar-refractivity contribution is 0.0954. The number of benzene rings is 2. The van der Waals surface area contributed by atoms with Gasteiger partial charge in [0, 0.05) is 16.8 Å². The molecule has 3 heteroatoms. The Balaban J connectivity index is 2.54. The van der Waals surface area contributed by atoms with Crippen LogP contribution < -0.4 is 9.64 Å². The van der Waals surface area contributed by atoms with Crippen molar-refractivity contribution in [1.82, 2.24) is 0 Å². The number of anilines is 1. The maximum atomic E-state index is 13.4. The standard InChI is InChI=1S/C21H27NO2/c1-6-21(4,7-2)22(17-12-14-18(24-5)15-13-17)20(23)19-11-9-8-10-16(19)3/h8-15H,6-7H2,1-5H3. The molecule has 1 amide bonds. The summed E-state index contributed by atoms with van der Waals surface area (Å²) in [4.78, 5) is 15.3. The first kappa shape index (κ1) is 18.1. The molecule has 0 aliphatic carbocycles. The zero-order valence-corrected chi connectivity index (χ0v) is 15.3. The number of hydrogen-bond donors (Lipinski definition) is 0. The van der Waals surface area contributed by atoms with Gasteiger partial charge in [-0.3, -0.25) is 4.79 Å². The molecule has 0 fully saturated rings. The van der Waals surface area contributed by atoms with Crippen LogP contribution in [-0.2, 0) is 0 Å². The Bertz CT molecular complexity index is 687. The monoisotopic (exact) mass is 325 g/mol. The number of nitrogens with zero attached hydrogens (tertiary/aromatic N) is 1. The van der Waals surface area contributed by atoms with Crippen LogP contribution in [-0.4, -0.2) is 18.6 Å². The number of aryl methyl sites for hydroxylation is 1. The molecule has 0 bridgehead atoms. The fourth-order valence-corrected chi connectivity index (χ4v) is 2.90. The molecule has 24 heavy (non-hydrogen) atoms. The Labute approximate surface area is 145 Å². The van der Waals surface area contributed by atoms with E-state index < -0.39 is 0 Å². The number of amides is 1. The summed E-state index contributed by atoms with van der Waals surface area (Å²) < 4.78 is 5.25. The molecule has 0 saturated heterocycles. The molecule has 2 rings (SSSR count). The second-order valence-electron chi connectivity index (χ2n) is 6.36. The van der Waals surface area contributed by atoms with Crippen LogP contribution in [0.15, 0.2) is 48.5 Å². The normalized spacial score (nSPS) is 11.2. The van der Waals surface area contributed by atoms with Crippen LogP contribution in [0, 0.1) is 6.92 Å². The van der Waals surface area contributed by atoms with Crippen molar-refractivity contribution in [2.75, 3.05) is 12.0 Å². The van der Waals surface area contributed by atoms with Crippen molar-refractivity contribution in [3.05, 3.63) is 59.7 Å². The summed E-state index contributed by atoms with van der Waals surface area (Å²) in [6.07, 6.45) is 1.76. The number of carbonyl (C=O) groups is 1. The van der Waals surface area contributed by atoms with Gasteiger partial charge in [-0.15, -0.1) is 0 Å². The van der Waals surface area contributed by atoms with E-state index in [0.29, 0.717) is 0 Å². The lowest BCUT2D eigenvalue weighted by Gasteiger charge is -2.41. The summed E-state index contributed by atoms with van der Waals surface area (Å²) in [5.74, 6) is 0.834. The molecule has 0 aliphatic rings. The predicted molar refractivity (Wildman–Crippen MR) is 100.0 cm³/mol. The summed E-state index contributed by atoms with van der Waals surface area (Å²) >= 11 is 0. The highest BCUT2D eigenvalue weighted by molar-refractivity contribution is 6.08. The first-order valence-corrected chi connectivity index (χ1v) is 8.51. The van der Waals surface area contributed by atoms with E-state index in [1.54, 1.807) is 7.11 Å². The third-order valence-corrected chi connectivity index (χ3v) is 4.97. The van der Waals surface area contributed by atoms with Gasteiger partial charge < -0.3 is 9.64 Å². The third-order valence-electron chi connectivity index (χ3n) is 4.97. The first-order valence-electron chi connectivity index (χ1n) is 8.51.